The van der Waals surface area contributed by atoms with E-state index in [-0.39, 0.29) is 24.4 Å². The van der Waals surface area contributed by atoms with Gasteiger partial charge in [0.25, 0.3) is 0 Å². The van der Waals surface area contributed by atoms with E-state index in [1.807, 2.05) is 0 Å². The van der Waals surface area contributed by atoms with Crippen molar-refractivity contribution in [3.8, 4) is 0 Å². The number of urea groups is 1. The fourth-order valence-electron chi connectivity index (χ4n) is 2.09. The van der Waals surface area contributed by atoms with E-state index in [9.17, 15) is 14.4 Å². The Morgan fingerprint density at radius 2 is 2.00 bits per heavy atom. The fraction of sp³-hybridized carbons (Fsp3) is 0.786. The Labute approximate surface area is 125 Å². The third-order valence-corrected chi connectivity index (χ3v) is 3.40. The van der Waals surface area contributed by atoms with Crippen molar-refractivity contribution >= 4 is 17.9 Å². The van der Waals surface area contributed by atoms with Gasteiger partial charge in [-0.05, 0) is 33.1 Å². The van der Waals surface area contributed by atoms with Gasteiger partial charge in [-0.2, -0.15) is 0 Å². The van der Waals surface area contributed by atoms with Crippen LogP contribution in [-0.2, 0) is 9.59 Å². The molecular formula is C14H25N3O4. The number of carboxylic acids is 1. The average molecular weight is 299 g/mol. The van der Waals surface area contributed by atoms with Crippen LogP contribution in [0.5, 0.6) is 0 Å². The standard InChI is InChI=1S/C14H25N3O4/c1-3-17(10(2)9-13(19)20)14(21)15-8-4-5-12(18)16-11-6-7-11/h10-11H,3-9H2,1-2H3,(H,15,21)(H,16,18)(H,19,20). The molecule has 7 nitrogen and oxygen atoms in total. The van der Waals surface area contributed by atoms with Crippen LogP contribution in [0.2, 0.25) is 0 Å². The number of aliphatic carboxylic acids is 1. The molecule has 0 aromatic heterocycles. The second-order valence-corrected chi connectivity index (χ2v) is 5.41. The maximum atomic E-state index is 12.0. The first kappa shape index (κ1) is 17.3. The van der Waals surface area contributed by atoms with Crippen molar-refractivity contribution in [1.82, 2.24) is 15.5 Å². The van der Waals surface area contributed by atoms with Crippen molar-refractivity contribution in [2.45, 2.75) is 58.0 Å². The van der Waals surface area contributed by atoms with Crippen LogP contribution in [0.25, 0.3) is 0 Å². The first-order chi connectivity index (χ1) is 9.93. The van der Waals surface area contributed by atoms with Crippen LogP contribution >= 0.6 is 0 Å². The molecule has 1 aliphatic rings. The maximum absolute atomic E-state index is 12.0. The van der Waals surface area contributed by atoms with Crippen LogP contribution in [0, 0.1) is 0 Å². The zero-order valence-corrected chi connectivity index (χ0v) is 12.7. The summed E-state index contributed by atoms with van der Waals surface area (Å²) in [5.41, 5.74) is 0. The minimum atomic E-state index is -0.925. The highest BCUT2D eigenvalue weighted by molar-refractivity contribution is 5.77. The van der Waals surface area contributed by atoms with Crippen molar-refractivity contribution in [1.29, 1.82) is 0 Å². The lowest BCUT2D eigenvalue weighted by molar-refractivity contribution is -0.138. The second-order valence-electron chi connectivity index (χ2n) is 5.41. The molecule has 1 unspecified atom stereocenters. The van der Waals surface area contributed by atoms with E-state index in [0.29, 0.717) is 32.0 Å². The zero-order chi connectivity index (χ0) is 15.8. The smallest absolute Gasteiger partial charge is 0.317 e. The van der Waals surface area contributed by atoms with Crippen LogP contribution in [0.3, 0.4) is 0 Å². The fourth-order valence-corrected chi connectivity index (χ4v) is 2.09. The van der Waals surface area contributed by atoms with Gasteiger partial charge in [0.1, 0.15) is 0 Å². The largest absolute Gasteiger partial charge is 0.481 e. The number of hydrogen-bond acceptors (Lipinski definition) is 3. The third kappa shape index (κ3) is 6.97. The van der Waals surface area contributed by atoms with Crippen LogP contribution in [0.15, 0.2) is 0 Å². The predicted octanol–water partition coefficient (Wildman–Crippen LogP) is 0.940. The second kappa shape index (κ2) is 8.49. The van der Waals surface area contributed by atoms with E-state index in [1.165, 1.54) is 4.90 Å². The highest BCUT2D eigenvalue weighted by atomic mass is 16.4. The number of carboxylic acid groups (broad SMARTS) is 1. The number of hydrogen-bond donors (Lipinski definition) is 3. The van der Waals surface area contributed by atoms with Crippen molar-refractivity contribution in [3.05, 3.63) is 0 Å². The molecule has 0 heterocycles. The van der Waals surface area contributed by atoms with Crippen LogP contribution in [0.1, 0.15) is 46.0 Å². The van der Waals surface area contributed by atoms with Crippen molar-refractivity contribution in [2.75, 3.05) is 13.1 Å². The van der Waals surface area contributed by atoms with Gasteiger partial charge >= 0.3 is 12.0 Å². The molecule has 0 saturated heterocycles. The van der Waals surface area contributed by atoms with Crippen LogP contribution < -0.4 is 10.6 Å². The number of nitrogens with zero attached hydrogens (tertiary/aromatic N) is 1. The Kier molecular flexibility index (Phi) is 6.98. The lowest BCUT2D eigenvalue weighted by Crippen LogP contribution is -2.46. The summed E-state index contributed by atoms with van der Waals surface area (Å²) < 4.78 is 0. The number of amides is 3. The summed E-state index contributed by atoms with van der Waals surface area (Å²) in [6.07, 6.45) is 3.03. The van der Waals surface area contributed by atoms with E-state index >= 15 is 0 Å². The van der Waals surface area contributed by atoms with Crippen molar-refractivity contribution in [3.63, 3.8) is 0 Å². The molecule has 0 aromatic rings. The average Bonchev–Trinajstić information content (AvgIpc) is 3.18. The molecule has 0 aliphatic heterocycles. The quantitative estimate of drug-likeness (QED) is 0.552. The summed E-state index contributed by atoms with van der Waals surface area (Å²) in [7, 11) is 0. The Bertz CT molecular complexity index is 382. The summed E-state index contributed by atoms with van der Waals surface area (Å²) in [5, 5.41) is 14.4. The van der Waals surface area contributed by atoms with Gasteiger partial charge in [0, 0.05) is 31.6 Å². The topological polar surface area (TPSA) is 98.7 Å². The summed E-state index contributed by atoms with van der Waals surface area (Å²) in [4.78, 5) is 35.6. The van der Waals surface area contributed by atoms with Gasteiger partial charge in [0.05, 0.1) is 6.42 Å². The minimum absolute atomic E-state index is 0.0262. The van der Waals surface area contributed by atoms with E-state index < -0.39 is 5.97 Å². The number of carbonyl (C=O) groups is 3. The molecule has 1 fully saturated rings. The van der Waals surface area contributed by atoms with E-state index in [1.54, 1.807) is 13.8 Å². The maximum Gasteiger partial charge on any atom is 0.317 e. The molecule has 1 atom stereocenters. The molecule has 1 saturated carbocycles. The van der Waals surface area contributed by atoms with Gasteiger partial charge < -0.3 is 20.6 Å². The normalized spacial score (nSPS) is 15.1. The first-order valence-electron chi connectivity index (χ1n) is 7.49. The van der Waals surface area contributed by atoms with Crippen LogP contribution in [0.4, 0.5) is 4.79 Å². The van der Waals surface area contributed by atoms with Gasteiger partial charge in [-0.1, -0.05) is 0 Å². The summed E-state index contributed by atoms with van der Waals surface area (Å²) >= 11 is 0. The monoisotopic (exact) mass is 299 g/mol. The lowest BCUT2D eigenvalue weighted by Gasteiger charge is -2.27. The highest BCUT2D eigenvalue weighted by Crippen LogP contribution is 2.18. The summed E-state index contributed by atoms with van der Waals surface area (Å²) in [6.45, 7) is 4.37. The van der Waals surface area contributed by atoms with Gasteiger partial charge in [-0.15, -0.1) is 0 Å². The molecule has 3 amide bonds. The summed E-state index contributed by atoms with van der Waals surface area (Å²) in [6, 6.07) is -0.279. The molecule has 0 aromatic carbocycles. The van der Waals surface area contributed by atoms with Crippen molar-refractivity contribution in [2.24, 2.45) is 0 Å². The Hall–Kier alpha value is -1.79. The lowest BCUT2D eigenvalue weighted by atomic mass is 10.2. The Balaban J connectivity index is 2.20. The molecular weight excluding hydrogens is 274 g/mol. The number of nitrogens with one attached hydrogen (secondary N) is 2. The molecule has 21 heavy (non-hydrogen) atoms. The van der Waals surface area contributed by atoms with Gasteiger partial charge in [-0.3, -0.25) is 9.59 Å². The van der Waals surface area contributed by atoms with Gasteiger partial charge in [0.15, 0.2) is 0 Å². The summed E-state index contributed by atoms with van der Waals surface area (Å²) in [5.74, 6) is -0.899. The Morgan fingerprint density at radius 3 is 2.52 bits per heavy atom. The van der Waals surface area contributed by atoms with Crippen LogP contribution in [-0.4, -0.2) is 53.1 Å². The zero-order valence-electron chi connectivity index (χ0n) is 12.7. The molecule has 0 radical (unpaired) electrons. The number of carbonyl (C=O) groups excluding carboxylic acids is 2. The van der Waals surface area contributed by atoms with E-state index in [0.717, 1.165) is 12.8 Å². The number of rotatable bonds is 9. The SMILES string of the molecule is CCN(C(=O)NCCCC(=O)NC1CC1)C(C)CC(=O)O. The molecule has 1 rings (SSSR count). The molecule has 0 spiro atoms. The van der Waals surface area contributed by atoms with Crippen molar-refractivity contribution < 1.29 is 19.5 Å². The van der Waals surface area contributed by atoms with E-state index in [4.69, 9.17) is 5.11 Å². The molecule has 120 valence electrons. The van der Waals surface area contributed by atoms with E-state index in [2.05, 4.69) is 10.6 Å². The Morgan fingerprint density at radius 1 is 1.33 bits per heavy atom. The molecule has 1 aliphatic carbocycles. The van der Waals surface area contributed by atoms with Gasteiger partial charge in [-0.25, -0.2) is 4.79 Å². The van der Waals surface area contributed by atoms with Gasteiger partial charge in [0.2, 0.25) is 5.91 Å². The third-order valence-electron chi connectivity index (χ3n) is 3.40. The molecule has 7 heteroatoms. The minimum Gasteiger partial charge on any atom is -0.481 e. The molecule has 0 bridgehead atoms. The predicted molar refractivity (Wildman–Crippen MR) is 77.9 cm³/mol. The first-order valence-corrected chi connectivity index (χ1v) is 7.49. The molecule has 3 N–H and O–H groups in total. The highest BCUT2D eigenvalue weighted by Gasteiger charge is 2.23.